The first-order valence-electron chi connectivity index (χ1n) is 13.1. The van der Waals surface area contributed by atoms with E-state index in [2.05, 4.69) is 0 Å². The van der Waals surface area contributed by atoms with Crippen LogP contribution in [0.2, 0.25) is 0 Å². The van der Waals surface area contributed by atoms with E-state index in [4.69, 9.17) is 13.9 Å². The Kier molecular flexibility index (Phi) is 8.37. The normalized spacial score (nSPS) is 32.6. The van der Waals surface area contributed by atoms with E-state index in [1.807, 2.05) is 0 Å². The summed E-state index contributed by atoms with van der Waals surface area (Å²) in [4.78, 5) is 13.5. The molecule has 2 fully saturated rings. The van der Waals surface area contributed by atoms with Crippen molar-refractivity contribution in [3.8, 4) is 40.1 Å². The van der Waals surface area contributed by atoms with Crippen molar-refractivity contribution in [2.45, 2.75) is 61.0 Å². The Bertz CT molecular complexity index is 1590. The highest BCUT2D eigenvalue weighted by atomic mass is 16.6. The average Bonchev–Trinajstić information content (AvgIpc) is 2.99. The van der Waals surface area contributed by atoms with Gasteiger partial charge in [-0.3, -0.25) is 4.79 Å². The van der Waals surface area contributed by atoms with Crippen molar-refractivity contribution >= 4 is 11.0 Å². The summed E-state index contributed by atoms with van der Waals surface area (Å²) in [6.07, 6.45) is -18.8. The smallest absolute Gasteiger partial charge is 0.200 e. The summed E-state index contributed by atoms with van der Waals surface area (Å²) >= 11 is 0. The highest BCUT2D eigenvalue weighted by Crippen LogP contribution is 2.51. The van der Waals surface area contributed by atoms with E-state index in [0.717, 1.165) is 18.2 Å². The predicted molar refractivity (Wildman–Crippen MR) is 142 cm³/mol. The minimum Gasteiger partial charge on any atom is -0.507 e. The van der Waals surface area contributed by atoms with Crippen LogP contribution < -0.4 is 5.43 Å². The monoisotopic (exact) mass is 626 g/mol. The molecule has 13 N–H and O–H groups in total. The van der Waals surface area contributed by atoms with Crippen LogP contribution in [-0.4, -0.2) is 128 Å². The molecule has 0 spiro atoms. The molecule has 2 aliphatic rings. The Morgan fingerprint density at radius 1 is 0.591 bits per heavy atom. The fourth-order valence-corrected chi connectivity index (χ4v) is 5.51. The van der Waals surface area contributed by atoms with Crippen LogP contribution in [0, 0.1) is 0 Å². The van der Waals surface area contributed by atoms with Gasteiger partial charge in [-0.05, 0) is 12.1 Å². The lowest BCUT2D eigenvalue weighted by Gasteiger charge is -2.42. The number of benzene rings is 2. The summed E-state index contributed by atoms with van der Waals surface area (Å²) in [6, 6.07) is 2.57. The number of aliphatic hydroxyl groups is 8. The topological polar surface area (TPSA) is 312 Å². The van der Waals surface area contributed by atoms with Gasteiger partial charge in [-0.15, -0.1) is 0 Å². The molecule has 2 aromatic carbocycles. The number of aromatic hydroxyl groups is 5. The third-order valence-corrected chi connectivity index (χ3v) is 7.90. The van der Waals surface area contributed by atoms with Gasteiger partial charge in [0.05, 0.1) is 24.3 Å². The lowest BCUT2D eigenvalue weighted by Crippen LogP contribution is -2.55. The van der Waals surface area contributed by atoms with Gasteiger partial charge in [0.2, 0.25) is 0 Å². The molecule has 240 valence electrons. The van der Waals surface area contributed by atoms with Crippen LogP contribution in [0.3, 0.4) is 0 Å². The third-order valence-electron chi connectivity index (χ3n) is 7.90. The maximum atomic E-state index is 13.5. The van der Waals surface area contributed by atoms with Gasteiger partial charge in [-0.25, -0.2) is 0 Å². The van der Waals surface area contributed by atoms with E-state index >= 15 is 0 Å². The number of phenolic OH excluding ortho intramolecular Hbond substituents is 5. The molecular weight excluding hydrogens is 596 g/mol. The van der Waals surface area contributed by atoms with E-state index in [1.165, 1.54) is 0 Å². The molecular formula is C27H30O17. The van der Waals surface area contributed by atoms with E-state index < -0.39 is 136 Å². The molecule has 2 aliphatic heterocycles. The highest BCUT2D eigenvalue weighted by molar-refractivity contribution is 5.92. The van der Waals surface area contributed by atoms with Gasteiger partial charge >= 0.3 is 0 Å². The zero-order valence-electron chi connectivity index (χ0n) is 22.4. The second-order valence-corrected chi connectivity index (χ2v) is 10.6. The molecule has 44 heavy (non-hydrogen) atoms. The molecule has 0 radical (unpaired) electrons. The van der Waals surface area contributed by atoms with Crippen LogP contribution >= 0.6 is 0 Å². The van der Waals surface area contributed by atoms with E-state index in [9.17, 15) is 71.2 Å². The molecule has 17 nitrogen and oxygen atoms in total. The molecule has 0 aliphatic carbocycles. The predicted octanol–water partition coefficient (Wildman–Crippen LogP) is -2.98. The molecule has 1 aromatic heterocycles. The van der Waals surface area contributed by atoms with Crippen molar-refractivity contribution in [1.29, 1.82) is 0 Å². The van der Waals surface area contributed by atoms with Crippen LogP contribution in [0.25, 0.3) is 22.3 Å². The Labute approximate surface area is 245 Å². The summed E-state index contributed by atoms with van der Waals surface area (Å²) in [6.45, 7) is -1.80. The Morgan fingerprint density at radius 3 is 1.55 bits per heavy atom. The van der Waals surface area contributed by atoms with E-state index in [1.54, 1.807) is 0 Å². The number of hydrogen-bond acceptors (Lipinski definition) is 17. The molecule has 5 rings (SSSR count). The highest BCUT2D eigenvalue weighted by Gasteiger charge is 2.50. The van der Waals surface area contributed by atoms with Gasteiger partial charge in [0.1, 0.15) is 83.7 Å². The molecule has 0 amide bonds. The average molecular weight is 627 g/mol. The Balaban J connectivity index is 1.84. The van der Waals surface area contributed by atoms with Crippen LogP contribution in [-0.2, 0) is 9.47 Å². The second-order valence-electron chi connectivity index (χ2n) is 10.6. The number of fused-ring (bicyclic) bond motifs is 1. The zero-order chi connectivity index (χ0) is 32.4. The Hall–Kier alpha value is -3.75. The summed E-state index contributed by atoms with van der Waals surface area (Å²) in [5, 5.41) is 134. The summed E-state index contributed by atoms with van der Waals surface area (Å²) in [7, 11) is 0. The number of ether oxygens (including phenoxy) is 2. The number of aliphatic hydroxyl groups excluding tert-OH is 8. The molecule has 3 heterocycles. The fraction of sp³-hybridized carbons (Fsp3) is 0.444. The second kappa shape index (κ2) is 11.6. The first-order valence-corrected chi connectivity index (χ1v) is 13.1. The van der Waals surface area contributed by atoms with Crippen molar-refractivity contribution in [1.82, 2.24) is 0 Å². The van der Waals surface area contributed by atoms with Gasteiger partial charge in [0.25, 0.3) is 0 Å². The maximum absolute atomic E-state index is 13.5. The zero-order valence-corrected chi connectivity index (χ0v) is 22.4. The van der Waals surface area contributed by atoms with Crippen molar-refractivity contribution < 1.29 is 80.3 Å². The van der Waals surface area contributed by atoms with Gasteiger partial charge in [0.15, 0.2) is 28.3 Å². The largest absolute Gasteiger partial charge is 0.507 e. The first-order chi connectivity index (χ1) is 20.7. The molecule has 17 heteroatoms. The van der Waals surface area contributed by atoms with E-state index in [0.29, 0.717) is 0 Å². The summed E-state index contributed by atoms with van der Waals surface area (Å²) in [5.74, 6) is -5.13. The minimum absolute atomic E-state index is 0.200. The van der Waals surface area contributed by atoms with Crippen LogP contribution in [0.4, 0.5) is 0 Å². The first kappa shape index (κ1) is 31.7. The van der Waals surface area contributed by atoms with Crippen LogP contribution in [0.15, 0.2) is 27.4 Å². The quantitative estimate of drug-likeness (QED) is 0.126. The fourth-order valence-electron chi connectivity index (χ4n) is 5.51. The van der Waals surface area contributed by atoms with Gasteiger partial charge in [-0.1, -0.05) is 0 Å². The molecule has 2 saturated heterocycles. The van der Waals surface area contributed by atoms with E-state index in [-0.39, 0.29) is 5.56 Å². The molecule has 3 aromatic rings. The molecule has 4 unspecified atom stereocenters. The van der Waals surface area contributed by atoms with Crippen molar-refractivity contribution in [3.63, 3.8) is 0 Å². The molecule has 0 saturated carbocycles. The maximum Gasteiger partial charge on any atom is 0.200 e. The standard InChI is InChI=1S/C27H30O17/c28-4-11-17(34)21(38)23(40)26(43-11)14-19(36)13-7(30)3-10(6-1-8(31)16(33)9(32)2-6)42-25(13)15(20(14)37)27-24(41)22(39)18(35)12(5-29)44-27/h1-3,11-12,17-18,21-24,26-29,31-41H,4-5H2/t11?,12?,17-,18-,21+,22+,23?,24?,26+,27+/m1/s1. The van der Waals surface area contributed by atoms with Gasteiger partial charge < -0.3 is 80.3 Å². The summed E-state index contributed by atoms with van der Waals surface area (Å²) in [5.41, 5.74) is -3.46. The molecule has 0 bridgehead atoms. The number of hydrogen-bond donors (Lipinski definition) is 13. The number of rotatable bonds is 5. The van der Waals surface area contributed by atoms with Crippen LogP contribution in [0.1, 0.15) is 23.3 Å². The lowest BCUT2D eigenvalue weighted by atomic mass is 9.85. The molecule has 10 atom stereocenters. The van der Waals surface area contributed by atoms with Gasteiger partial charge in [0, 0.05) is 11.6 Å². The van der Waals surface area contributed by atoms with Gasteiger partial charge in [-0.2, -0.15) is 0 Å². The SMILES string of the molecule is O=c1cc(-c2cc(O)c(O)c(O)c2)oc2c([C@@H]3OC(CO)[C@@H](O)[C@H](O)C3O)c(O)c([C@@H]3OC(CO)[C@@H](O)[C@H](O)C3O)c(O)c12. The van der Waals surface area contributed by atoms with Crippen molar-refractivity contribution in [3.05, 3.63) is 39.5 Å². The van der Waals surface area contributed by atoms with Crippen molar-refractivity contribution in [2.24, 2.45) is 0 Å². The third kappa shape index (κ3) is 4.88. The van der Waals surface area contributed by atoms with Crippen molar-refractivity contribution in [2.75, 3.05) is 13.2 Å². The Morgan fingerprint density at radius 2 is 1.07 bits per heavy atom. The lowest BCUT2D eigenvalue weighted by molar-refractivity contribution is -0.234. The van der Waals surface area contributed by atoms with Crippen LogP contribution in [0.5, 0.6) is 28.7 Å². The number of phenols is 5. The summed E-state index contributed by atoms with van der Waals surface area (Å²) < 4.78 is 16.8. The minimum atomic E-state index is -2.09.